The molecule has 0 spiro atoms. The van der Waals surface area contributed by atoms with Crippen LogP contribution < -0.4 is 14.2 Å². The summed E-state index contributed by atoms with van der Waals surface area (Å²) in [7, 11) is 4.58. The third-order valence-corrected chi connectivity index (χ3v) is 4.67. The Morgan fingerprint density at radius 1 is 1.18 bits per heavy atom. The van der Waals surface area contributed by atoms with Crippen LogP contribution in [0.2, 0.25) is 0 Å². The second-order valence-corrected chi connectivity index (χ2v) is 6.30. The maximum atomic E-state index is 11.2. The van der Waals surface area contributed by atoms with Crippen LogP contribution in [-0.4, -0.2) is 51.4 Å². The first-order chi connectivity index (χ1) is 13.6. The summed E-state index contributed by atoms with van der Waals surface area (Å²) in [6.07, 6.45) is 1.47. The van der Waals surface area contributed by atoms with Crippen LogP contribution in [-0.2, 0) is 6.54 Å². The van der Waals surface area contributed by atoms with Crippen LogP contribution in [0.4, 0.5) is 5.69 Å². The van der Waals surface area contributed by atoms with Crippen LogP contribution in [0.5, 0.6) is 17.2 Å². The second-order valence-electron chi connectivity index (χ2n) is 5.34. The van der Waals surface area contributed by atoms with Crippen LogP contribution >= 0.6 is 11.8 Å². The Labute approximate surface area is 163 Å². The van der Waals surface area contributed by atoms with Gasteiger partial charge in [-0.15, -0.1) is 5.10 Å². The molecule has 3 rings (SSSR count). The highest BCUT2D eigenvalue weighted by Gasteiger charge is 2.20. The van der Waals surface area contributed by atoms with Gasteiger partial charge in [0.2, 0.25) is 10.9 Å². The predicted octanol–water partition coefficient (Wildman–Crippen LogP) is 2.20. The largest absolute Gasteiger partial charge is 0.493 e. The van der Waals surface area contributed by atoms with E-state index in [1.807, 2.05) is 0 Å². The third-order valence-electron chi connectivity index (χ3n) is 3.69. The minimum absolute atomic E-state index is 0.116. The molecule has 0 radical (unpaired) electrons. The molecule has 0 unspecified atom stereocenters. The molecule has 28 heavy (non-hydrogen) atoms. The van der Waals surface area contributed by atoms with Crippen LogP contribution in [0.25, 0.3) is 0 Å². The molecule has 146 valence electrons. The van der Waals surface area contributed by atoms with Gasteiger partial charge in [0, 0.05) is 12.3 Å². The fraction of sp³-hybridized carbons (Fsp3) is 0.250. The normalized spacial score (nSPS) is 10.5. The van der Waals surface area contributed by atoms with Crippen LogP contribution in [0.1, 0.15) is 5.56 Å². The molecule has 0 fully saturated rings. The summed E-state index contributed by atoms with van der Waals surface area (Å²) in [5.41, 5.74) is 0.675. The molecule has 0 amide bonds. The quantitative estimate of drug-likeness (QED) is 0.407. The van der Waals surface area contributed by atoms with E-state index >= 15 is 0 Å². The standard InChI is InChI=1S/C16H16N6O5S/c1-25-12-7-10(8-13(26-2)14(12)27-3)9-21-16(18-19-20-21)28-15-11(22(23)24)5-4-6-17-15/h4-8H,9H2,1-3H3. The molecular weight excluding hydrogens is 388 g/mol. The van der Waals surface area contributed by atoms with E-state index < -0.39 is 4.92 Å². The highest BCUT2D eigenvalue weighted by atomic mass is 32.2. The molecule has 0 atom stereocenters. The number of tetrazole rings is 1. The van der Waals surface area contributed by atoms with Crippen molar-refractivity contribution in [2.24, 2.45) is 0 Å². The summed E-state index contributed by atoms with van der Waals surface area (Å²) in [4.78, 5) is 14.7. The number of rotatable bonds is 8. The molecule has 0 aliphatic heterocycles. The zero-order valence-corrected chi connectivity index (χ0v) is 16.0. The van der Waals surface area contributed by atoms with E-state index in [1.165, 1.54) is 44.3 Å². The third kappa shape index (κ3) is 3.96. The number of aromatic nitrogens is 5. The molecular formula is C16H16N6O5S. The van der Waals surface area contributed by atoms with Gasteiger partial charge < -0.3 is 14.2 Å². The molecule has 0 aliphatic rings. The first-order valence-electron chi connectivity index (χ1n) is 7.89. The maximum Gasteiger partial charge on any atom is 0.301 e. The molecule has 0 aliphatic carbocycles. The second kappa shape index (κ2) is 8.52. The number of nitrogens with zero attached hydrogens (tertiary/aromatic N) is 6. The molecule has 2 aromatic heterocycles. The van der Waals surface area contributed by atoms with Crippen LogP contribution in [0.15, 0.2) is 40.6 Å². The molecule has 1 aromatic carbocycles. The maximum absolute atomic E-state index is 11.2. The number of ether oxygens (including phenoxy) is 3. The van der Waals surface area contributed by atoms with E-state index in [2.05, 4.69) is 20.5 Å². The SMILES string of the molecule is COc1cc(Cn2nnnc2Sc2ncccc2[N+](=O)[O-])cc(OC)c1OC. The lowest BCUT2D eigenvalue weighted by Gasteiger charge is -2.14. The van der Waals surface area contributed by atoms with Gasteiger partial charge in [-0.3, -0.25) is 10.1 Å². The number of hydrogen-bond acceptors (Lipinski definition) is 10. The van der Waals surface area contributed by atoms with Gasteiger partial charge >= 0.3 is 5.69 Å². The van der Waals surface area contributed by atoms with E-state index in [0.717, 1.165) is 17.3 Å². The zero-order chi connectivity index (χ0) is 20.1. The van der Waals surface area contributed by atoms with Crippen molar-refractivity contribution < 1.29 is 19.1 Å². The van der Waals surface area contributed by atoms with Crippen LogP contribution in [0.3, 0.4) is 0 Å². The number of methoxy groups -OCH3 is 3. The van der Waals surface area contributed by atoms with Gasteiger partial charge in [0.25, 0.3) is 0 Å². The van der Waals surface area contributed by atoms with E-state index in [1.54, 1.807) is 12.1 Å². The Balaban J connectivity index is 1.91. The first-order valence-corrected chi connectivity index (χ1v) is 8.71. The monoisotopic (exact) mass is 404 g/mol. The summed E-state index contributed by atoms with van der Waals surface area (Å²) in [6.45, 7) is 0.284. The Morgan fingerprint density at radius 2 is 1.89 bits per heavy atom. The summed E-state index contributed by atoms with van der Waals surface area (Å²) in [6, 6.07) is 6.44. The van der Waals surface area contributed by atoms with Crippen molar-refractivity contribution in [1.82, 2.24) is 25.2 Å². The minimum Gasteiger partial charge on any atom is -0.493 e. The smallest absolute Gasteiger partial charge is 0.301 e. The molecule has 3 aromatic rings. The molecule has 12 heteroatoms. The number of benzene rings is 1. The summed E-state index contributed by atoms with van der Waals surface area (Å²) in [5, 5.41) is 23.3. The lowest BCUT2D eigenvalue weighted by atomic mass is 10.2. The highest BCUT2D eigenvalue weighted by Crippen LogP contribution is 2.38. The predicted molar refractivity (Wildman–Crippen MR) is 98.0 cm³/mol. The number of hydrogen-bond donors (Lipinski definition) is 0. The van der Waals surface area contributed by atoms with Crippen molar-refractivity contribution in [3.8, 4) is 17.2 Å². The number of nitro groups is 1. The average Bonchev–Trinajstić information content (AvgIpc) is 3.13. The van der Waals surface area contributed by atoms with Crippen LogP contribution in [0, 0.1) is 10.1 Å². The summed E-state index contributed by atoms with van der Waals surface area (Å²) in [5.74, 6) is 1.48. The Kier molecular flexibility index (Phi) is 5.89. The van der Waals surface area contributed by atoms with Crippen molar-refractivity contribution in [2.75, 3.05) is 21.3 Å². The Bertz CT molecular complexity index is 970. The van der Waals surface area contributed by atoms with Crippen molar-refractivity contribution in [1.29, 1.82) is 0 Å². The Hall–Kier alpha value is -3.41. The topological polar surface area (TPSA) is 127 Å². The summed E-state index contributed by atoms with van der Waals surface area (Å²) >= 11 is 1.01. The molecule has 2 heterocycles. The van der Waals surface area contributed by atoms with Gasteiger partial charge in [0.1, 0.15) is 0 Å². The van der Waals surface area contributed by atoms with Gasteiger partial charge in [-0.2, -0.15) is 0 Å². The highest BCUT2D eigenvalue weighted by molar-refractivity contribution is 7.99. The molecule has 0 saturated carbocycles. The van der Waals surface area contributed by atoms with E-state index in [-0.39, 0.29) is 17.3 Å². The lowest BCUT2D eigenvalue weighted by molar-refractivity contribution is -0.388. The minimum atomic E-state index is -0.497. The van der Waals surface area contributed by atoms with Crippen molar-refractivity contribution in [3.05, 3.63) is 46.1 Å². The van der Waals surface area contributed by atoms with Crippen molar-refractivity contribution in [3.63, 3.8) is 0 Å². The van der Waals surface area contributed by atoms with Crippen molar-refractivity contribution >= 4 is 17.4 Å². The lowest BCUT2D eigenvalue weighted by Crippen LogP contribution is -2.05. The summed E-state index contributed by atoms with van der Waals surface area (Å²) < 4.78 is 17.5. The Morgan fingerprint density at radius 3 is 2.50 bits per heavy atom. The van der Waals surface area contributed by atoms with E-state index in [0.29, 0.717) is 22.4 Å². The molecule has 11 nitrogen and oxygen atoms in total. The van der Waals surface area contributed by atoms with E-state index in [4.69, 9.17) is 14.2 Å². The van der Waals surface area contributed by atoms with Gasteiger partial charge in [-0.25, -0.2) is 9.67 Å². The fourth-order valence-electron chi connectivity index (χ4n) is 2.45. The molecule has 0 saturated heterocycles. The van der Waals surface area contributed by atoms with Gasteiger partial charge in [0.05, 0.1) is 32.8 Å². The van der Waals surface area contributed by atoms with Crippen molar-refractivity contribution in [2.45, 2.75) is 16.7 Å². The molecule has 0 N–H and O–H groups in total. The van der Waals surface area contributed by atoms with Gasteiger partial charge in [-0.05, 0) is 46.0 Å². The zero-order valence-electron chi connectivity index (χ0n) is 15.2. The average molecular weight is 404 g/mol. The number of pyridine rings is 1. The first kappa shape index (κ1) is 19.4. The molecule has 0 bridgehead atoms. The fourth-order valence-corrected chi connectivity index (χ4v) is 3.27. The van der Waals surface area contributed by atoms with Gasteiger partial charge in [-0.1, -0.05) is 0 Å². The van der Waals surface area contributed by atoms with Gasteiger partial charge in [0.15, 0.2) is 16.5 Å². The van der Waals surface area contributed by atoms with E-state index in [9.17, 15) is 10.1 Å².